The number of hydrogen-bond donors (Lipinski definition) is 4. The molecule has 0 aliphatic rings. The third kappa shape index (κ3) is 30.8. The van der Waals surface area contributed by atoms with Gasteiger partial charge in [0.1, 0.15) is 5.75 Å². The van der Waals surface area contributed by atoms with Gasteiger partial charge in [0.05, 0.1) is 0 Å². The largest absolute Gasteiger partial charge is 0.508 e. The molecule has 0 saturated heterocycles. The Morgan fingerprint density at radius 3 is 1.19 bits per heavy atom. The van der Waals surface area contributed by atoms with E-state index in [2.05, 4.69) is 85.2 Å². The smallest absolute Gasteiger partial charge is 0.490 e. The number of alkyl halides is 3. The fraction of sp³-hybridized carbons (Fsp3) is 0.500. The predicted octanol–water partition coefficient (Wildman–Crippen LogP) is 8.24. The molecule has 0 heterocycles. The third-order valence-corrected chi connectivity index (χ3v) is 9.65. The summed E-state index contributed by atoms with van der Waals surface area (Å²) in [7, 11) is -0.454. The van der Waals surface area contributed by atoms with E-state index in [1.54, 1.807) is 36.0 Å². The standard InChI is InChI=1S/C9H22Si.C7H8S.C6H6O.C2HF3O2.C2H6S2.H2O/c1-7(2)10(8(3)4)9(5)6;1-8-7-5-3-2-4-6-7;7-6-4-2-1-3-5-6;3-2(4,5)1(6)7;1-2(3)4;/h7-10H,1-6H3;2-6H,1H3;1-5,7H;(H,6,7);2-4H,1H3;1H2. The number of thiol groups is 2. The lowest BCUT2D eigenvalue weighted by molar-refractivity contribution is -0.192. The fourth-order valence-corrected chi connectivity index (χ4v) is 8.34. The number of aliphatic carboxylic acids is 1. The minimum Gasteiger partial charge on any atom is -0.508 e. The van der Waals surface area contributed by atoms with Gasteiger partial charge in [0.2, 0.25) is 0 Å². The van der Waals surface area contributed by atoms with Crippen molar-refractivity contribution in [1.82, 2.24) is 0 Å². The number of phenolic OH excluding ortho intramolecular Hbond substituents is 1. The molecular formula is C26H45F3O4S3Si. The topological polar surface area (TPSA) is 89.0 Å². The number of hydrogen-bond acceptors (Lipinski definition) is 5. The highest BCUT2D eigenvalue weighted by molar-refractivity contribution is 7.99. The average Bonchev–Trinajstić information content (AvgIpc) is 2.74. The van der Waals surface area contributed by atoms with Crippen LogP contribution >= 0.6 is 37.0 Å². The molecule has 0 spiro atoms. The molecule has 2 rings (SSSR count). The molecule has 0 aliphatic carbocycles. The van der Waals surface area contributed by atoms with Crippen LogP contribution in [0.25, 0.3) is 0 Å². The predicted molar refractivity (Wildman–Crippen MR) is 164 cm³/mol. The van der Waals surface area contributed by atoms with E-state index in [0.717, 1.165) is 16.6 Å². The Hall–Kier alpha value is -1.27. The maximum atomic E-state index is 10.6. The van der Waals surface area contributed by atoms with Gasteiger partial charge >= 0.3 is 12.1 Å². The second kappa shape index (κ2) is 25.0. The molecule has 4 nitrogen and oxygen atoms in total. The average molecular weight is 603 g/mol. The molecule has 0 aromatic heterocycles. The van der Waals surface area contributed by atoms with Gasteiger partial charge < -0.3 is 15.7 Å². The van der Waals surface area contributed by atoms with E-state index >= 15 is 0 Å². The Bertz CT molecular complexity index is 743. The molecule has 4 N–H and O–H groups in total. The first-order valence-corrected chi connectivity index (χ1v) is 15.7. The van der Waals surface area contributed by atoms with Crippen LogP contribution in [0.5, 0.6) is 5.75 Å². The highest BCUT2D eigenvalue weighted by Gasteiger charge is 2.38. The number of halogens is 3. The first-order valence-electron chi connectivity index (χ1n) is 11.5. The van der Waals surface area contributed by atoms with E-state index in [-0.39, 0.29) is 10.1 Å². The summed E-state index contributed by atoms with van der Waals surface area (Å²) in [5.41, 5.74) is 2.92. The zero-order valence-corrected chi connectivity index (χ0v) is 26.7. The molecule has 0 saturated carbocycles. The van der Waals surface area contributed by atoms with Gasteiger partial charge in [-0.05, 0) is 37.4 Å². The number of para-hydroxylation sites is 1. The molecule has 37 heavy (non-hydrogen) atoms. The van der Waals surface area contributed by atoms with Gasteiger partial charge in [-0.25, -0.2) is 4.79 Å². The summed E-state index contributed by atoms with van der Waals surface area (Å²) in [6, 6.07) is 19.0. The van der Waals surface area contributed by atoms with E-state index < -0.39 is 20.9 Å². The summed E-state index contributed by atoms with van der Waals surface area (Å²) in [6.45, 7) is 16.2. The van der Waals surface area contributed by atoms with Gasteiger partial charge in [-0.1, -0.05) is 94.6 Å². The minimum absolute atomic E-state index is 0. The molecular weight excluding hydrogens is 558 g/mol. The summed E-state index contributed by atoms with van der Waals surface area (Å²) in [6.07, 6.45) is -3.00. The first-order chi connectivity index (χ1) is 16.5. The van der Waals surface area contributed by atoms with Crippen molar-refractivity contribution in [3.63, 3.8) is 0 Å². The normalized spacial score (nSPS) is 10.1. The lowest BCUT2D eigenvalue weighted by Gasteiger charge is -2.26. The SMILES string of the molecule is CC(C)[SiH](C(C)C)C(C)C.CC(S)S.CSc1ccccc1.O.O=C(O)C(F)(F)F.Oc1ccccc1. The quantitative estimate of drug-likeness (QED) is 0.123. The number of carbonyl (C=O) groups is 1. The minimum atomic E-state index is -5.08. The molecule has 11 heteroatoms. The summed E-state index contributed by atoms with van der Waals surface area (Å²) >= 11 is 9.43. The van der Waals surface area contributed by atoms with Gasteiger partial charge in [-0.3, -0.25) is 0 Å². The zero-order chi connectivity index (χ0) is 28.9. The molecule has 0 atom stereocenters. The molecule has 0 unspecified atom stereocenters. The van der Waals surface area contributed by atoms with Crippen molar-refractivity contribution in [2.45, 2.75) is 80.7 Å². The molecule has 0 radical (unpaired) electrons. The van der Waals surface area contributed by atoms with Gasteiger partial charge in [0.25, 0.3) is 0 Å². The lowest BCUT2D eigenvalue weighted by atomic mass is 10.3. The number of carboxylic acid groups (broad SMARTS) is 1. The number of carboxylic acids is 1. The highest BCUT2D eigenvalue weighted by Crippen LogP contribution is 2.29. The van der Waals surface area contributed by atoms with Gasteiger partial charge in [0, 0.05) is 18.3 Å². The van der Waals surface area contributed by atoms with Crippen molar-refractivity contribution in [2.24, 2.45) is 0 Å². The van der Waals surface area contributed by atoms with Gasteiger partial charge in [0.15, 0.2) is 0 Å². The fourth-order valence-electron chi connectivity index (χ4n) is 3.29. The van der Waals surface area contributed by atoms with Crippen LogP contribution in [0.15, 0.2) is 65.6 Å². The Morgan fingerprint density at radius 1 is 0.811 bits per heavy atom. The van der Waals surface area contributed by atoms with Crippen LogP contribution in [0.3, 0.4) is 0 Å². The Balaban J connectivity index is -0.000000187. The molecule has 0 fully saturated rings. The number of thioether (sulfide) groups is 1. The Labute approximate surface area is 238 Å². The number of rotatable bonds is 4. The van der Waals surface area contributed by atoms with Crippen molar-refractivity contribution in [1.29, 1.82) is 0 Å². The monoisotopic (exact) mass is 602 g/mol. The maximum absolute atomic E-state index is 10.6. The zero-order valence-electron chi connectivity index (χ0n) is 22.9. The van der Waals surface area contributed by atoms with Crippen molar-refractivity contribution in [3.8, 4) is 5.75 Å². The van der Waals surface area contributed by atoms with Crippen molar-refractivity contribution < 1.29 is 33.7 Å². The first kappa shape index (κ1) is 42.8. The van der Waals surface area contributed by atoms with E-state index in [9.17, 15) is 13.2 Å². The van der Waals surface area contributed by atoms with Crippen LogP contribution in [0.2, 0.25) is 16.6 Å². The lowest BCUT2D eigenvalue weighted by Crippen LogP contribution is -2.24. The highest BCUT2D eigenvalue weighted by atomic mass is 32.2. The summed E-state index contributed by atoms with van der Waals surface area (Å²) < 4.78 is 32.0. The van der Waals surface area contributed by atoms with Crippen molar-refractivity contribution in [3.05, 3.63) is 60.7 Å². The van der Waals surface area contributed by atoms with Crippen LogP contribution in [-0.2, 0) is 4.79 Å². The maximum Gasteiger partial charge on any atom is 0.490 e. The second-order valence-electron chi connectivity index (χ2n) is 8.60. The van der Waals surface area contributed by atoms with Crippen LogP contribution in [0.1, 0.15) is 48.5 Å². The Kier molecular flexibility index (Phi) is 29.0. The van der Waals surface area contributed by atoms with Crippen molar-refractivity contribution in [2.75, 3.05) is 6.26 Å². The van der Waals surface area contributed by atoms with Gasteiger partial charge in [-0.2, -0.15) is 38.4 Å². The van der Waals surface area contributed by atoms with Crippen LogP contribution < -0.4 is 0 Å². The van der Waals surface area contributed by atoms with Crippen LogP contribution in [0.4, 0.5) is 13.2 Å². The van der Waals surface area contributed by atoms with E-state index in [0.29, 0.717) is 5.75 Å². The van der Waals surface area contributed by atoms with Crippen LogP contribution in [0, 0.1) is 0 Å². The van der Waals surface area contributed by atoms with E-state index in [1.165, 1.54) is 4.90 Å². The number of phenols is 1. The second-order valence-corrected chi connectivity index (χ2v) is 16.6. The molecule has 0 amide bonds. The van der Waals surface area contributed by atoms with E-state index in [1.807, 2.05) is 31.2 Å². The van der Waals surface area contributed by atoms with Crippen molar-refractivity contribution >= 4 is 51.8 Å². The van der Waals surface area contributed by atoms with Gasteiger partial charge in [-0.15, -0.1) is 11.8 Å². The molecule has 216 valence electrons. The summed E-state index contributed by atoms with van der Waals surface area (Å²) in [5, 5.41) is 15.8. The number of aromatic hydroxyl groups is 1. The number of benzene rings is 2. The van der Waals surface area contributed by atoms with Crippen LogP contribution in [-0.4, -0.2) is 47.5 Å². The molecule has 0 bridgehead atoms. The summed E-state index contributed by atoms with van der Waals surface area (Å²) in [4.78, 5) is 10.2. The third-order valence-electron chi connectivity index (χ3n) is 4.29. The molecule has 0 aliphatic heterocycles. The summed E-state index contributed by atoms with van der Waals surface area (Å²) in [5.74, 6) is -2.44. The Morgan fingerprint density at radius 2 is 1.08 bits per heavy atom. The molecule has 2 aromatic rings. The van der Waals surface area contributed by atoms with E-state index in [4.69, 9.17) is 15.0 Å². The molecule has 2 aromatic carbocycles.